The lowest BCUT2D eigenvalue weighted by Crippen LogP contribution is -2.40. The number of carbonyl (C=O) groups is 1. The van der Waals surface area contributed by atoms with Crippen LogP contribution in [-0.4, -0.2) is 22.5 Å². The molecule has 0 saturated carbocycles. The van der Waals surface area contributed by atoms with Crippen LogP contribution >= 0.6 is 11.3 Å². The van der Waals surface area contributed by atoms with E-state index >= 15 is 0 Å². The first-order valence-electron chi connectivity index (χ1n) is 13.2. The third-order valence-electron chi connectivity index (χ3n) is 6.97. The van der Waals surface area contributed by atoms with Crippen molar-refractivity contribution >= 4 is 34.7 Å². The van der Waals surface area contributed by atoms with Crippen molar-refractivity contribution in [3.05, 3.63) is 143 Å². The zero-order valence-electron chi connectivity index (χ0n) is 23.0. The highest BCUT2D eigenvalue weighted by Crippen LogP contribution is 2.33. The third kappa shape index (κ3) is 5.29. The van der Waals surface area contributed by atoms with Crippen molar-refractivity contribution in [1.29, 1.82) is 0 Å². The lowest BCUT2D eigenvalue weighted by atomic mass is 9.95. The molecule has 1 N–H and O–H groups in total. The van der Waals surface area contributed by atoms with Crippen LogP contribution in [0.3, 0.4) is 0 Å². The van der Waals surface area contributed by atoms with Crippen molar-refractivity contribution < 1.29 is 18.9 Å². The molecule has 1 aliphatic heterocycles. The average molecular weight is 593 g/mol. The number of hydrogen-bond donors (Lipinski definition) is 1. The number of hydrogen-bond acceptors (Lipinski definition) is 8. The smallest absolute Gasteiger partial charge is 0.280 e. The van der Waals surface area contributed by atoms with Gasteiger partial charge in [-0.25, -0.2) is 4.99 Å². The van der Waals surface area contributed by atoms with Gasteiger partial charge in [-0.2, -0.15) is 0 Å². The second-order valence-corrected chi connectivity index (χ2v) is 10.7. The molecule has 43 heavy (non-hydrogen) atoms. The summed E-state index contributed by atoms with van der Waals surface area (Å²) < 4.78 is 13.2. The van der Waals surface area contributed by atoms with Gasteiger partial charge in [0.15, 0.2) is 4.80 Å². The Labute approximate surface area is 248 Å². The fourth-order valence-electron chi connectivity index (χ4n) is 5.00. The fraction of sp³-hybridized carbons (Fsp3) is 0.0938. The van der Waals surface area contributed by atoms with Crippen LogP contribution in [0.2, 0.25) is 0 Å². The summed E-state index contributed by atoms with van der Waals surface area (Å²) in [5.41, 5.74) is 1.98. The summed E-state index contributed by atoms with van der Waals surface area (Å²) in [6.07, 6.45) is 1.58. The van der Waals surface area contributed by atoms with Gasteiger partial charge in [0.2, 0.25) is 0 Å². The first-order chi connectivity index (χ1) is 20.8. The molecule has 2 aromatic heterocycles. The molecule has 1 atom stereocenters. The van der Waals surface area contributed by atoms with Crippen molar-refractivity contribution in [2.75, 3.05) is 12.4 Å². The number of thiazole rings is 1. The van der Waals surface area contributed by atoms with Gasteiger partial charge in [0, 0.05) is 17.8 Å². The molecule has 1 amide bonds. The summed E-state index contributed by atoms with van der Waals surface area (Å²) in [7, 11) is 1.55. The predicted octanol–water partition coefficient (Wildman–Crippen LogP) is 5.05. The van der Waals surface area contributed by atoms with E-state index < -0.39 is 11.0 Å². The van der Waals surface area contributed by atoms with Crippen molar-refractivity contribution in [2.45, 2.75) is 13.0 Å². The molecule has 3 aromatic carbocycles. The number of methoxy groups -OCH3 is 1. The number of nitro benzene ring substituents is 1. The number of nitrogens with zero attached hydrogens (tertiary/aromatic N) is 3. The number of aromatic nitrogens is 1. The number of rotatable bonds is 7. The molecule has 1 aliphatic rings. The van der Waals surface area contributed by atoms with Crippen molar-refractivity contribution in [1.82, 2.24) is 4.57 Å². The third-order valence-corrected chi connectivity index (χ3v) is 7.96. The molecular formula is C32H24N4O6S. The number of fused-ring (bicyclic) bond motifs is 1. The predicted molar refractivity (Wildman–Crippen MR) is 163 cm³/mol. The molecule has 11 heteroatoms. The highest BCUT2D eigenvalue weighted by atomic mass is 32.1. The minimum absolute atomic E-state index is 0.0853. The maximum atomic E-state index is 14.0. The molecule has 0 bridgehead atoms. The number of nitro groups is 1. The summed E-state index contributed by atoms with van der Waals surface area (Å²) in [4.78, 5) is 43.8. The van der Waals surface area contributed by atoms with Gasteiger partial charge in [-0.3, -0.25) is 24.3 Å². The number of para-hydroxylation sites is 2. The average Bonchev–Trinajstić information content (AvgIpc) is 3.60. The fourth-order valence-corrected chi connectivity index (χ4v) is 6.03. The van der Waals surface area contributed by atoms with E-state index in [2.05, 4.69) is 10.3 Å². The van der Waals surface area contributed by atoms with E-state index in [1.54, 1.807) is 80.8 Å². The molecule has 0 fully saturated rings. The Bertz CT molecular complexity index is 2090. The molecule has 6 rings (SSSR count). The molecule has 5 aromatic rings. The number of carbonyl (C=O) groups excluding carboxylic acids is 1. The maximum Gasteiger partial charge on any atom is 0.280 e. The summed E-state index contributed by atoms with van der Waals surface area (Å²) in [6.45, 7) is 1.75. The van der Waals surface area contributed by atoms with Crippen LogP contribution in [0.1, 0.15) is 24.3 Å². The SMILES string of the molecule is COc1cccc(C2C(C(=O)Nc3ccccc3)=C(C)N=c3s/c(=C\c4ccc(-c5ccccc5[N+](=O)[O-])o4)c(=O)n32)c1. The number of ether oxygens (including phenoxy) is 1. The number of benzene rings is 3. The summed E-state index contributed by atoms with van der Waals surface area (Å²) in [5.74, 6) is 0.843. The Morgan fingerprint density at radius 3 is 2.60 bits per heavy atom. The van der Waals surface area contributed by atoms with E-state index in [1.807, 2.05) is 24.3 Å². The molecule has 3 heterocycles. The van der Waals surface area contributed by atoms with Gasteiger partial charge < -0.3 is 14.5 Å². The number of allylic oxidation sites excluding steroid dienone is 1. The van der Waals surface area contributed by atoms with Gasteiger partial charge in [0.05, 0.1) is 39.4 Å². The minimum Gasteiger partial charge on any atom is -0.497 e. The lowest BCUT2D eigenvalue weighted by molar-refractivity contribution is -0.384. The number of furan rings is 1. The van der Waals surface area contributed by atoms with Crippen LogP contribution in [0.4, 0.5) is 11.4 Å². The first-order valence-corrected chi connectivity index (χ1v) is 14.0. The topological polar surface area (TPSA) is 129 Å². The van der Waals surface area contributed by atoms with Crippen LogP contribution in [0.25, 0.3) is 17.4 Å². The quantitative estimate of drug-likeness (QED) is 0.208. The molecule has 1 unspecified atom stereocenters. The monoisotopic (exact) mass is 592 g/mol. The Balaban J connectivity index is 1.46. The molecule has 214 valence electrons. The number of anilines is 1. The van der Waals surface area contributed by atoms with Crippen molar-refractivity contribution in [3.8, 4) is 17.1 Å². The van der Waals surface area contributed by atoms with Gasteiger partial charge in [0.25, 0.3) is 17.2 Å². The Hall–Kier alpha value is -5.55. The summed E-state index contributed by atoms with van der Waals surface area (Å²) in [6, 6.07) is 25.1. The first kappa shape index (κ1) is 27.6. The Morgan fingerprint density at radius 1 is 1.07 bits per heavy atom. The van der Waals surface area contributed by atoms with Gasteiger partial charge in [0.1, 0.15) is 17.3 Å². The van der Waals surface area contributed by atoms with Crippen LogP contribution < -0.4 is 24.9 Å². The normalized spacial score (nSPS) is 14.7. The molecule has 0 spiro atoms. The van der Waals surface area contributed by atoms with E-state index in [4.69, 9.17) is 9.15 Å². The van der Waals surface area contributed by atoms with Crippen LogP contribution in [0.5, 0.6) is 5.75 Å². The minimum atomic E-state index is -0.781. The molecule has 10 nitrogen and oxygen atoms in total. The van der Waals surface area contributed by atoms with Gasteiger partial charge in [-0.1, -0.05) is 53.8 Å². The van der Waals surface area contributed by atoms with Crippen molar-refractivity contribution in [3.63, 3.8) is 0 Å². The second kappa shape index (κ2) is 11.4. The van der Waals surface area contributed by atoms with Gasteiger partial charge in [-0.05, 0) is 55.0 Å². The Morgan fingerprint density at radius 2 is 1.84 bits per heavy atom. The van der Waals surface area contributed by atoms with Crippen LogP contribution in [0.15, 0.2) is 116 Å². The number of nitrogens with one attached hydrogen (secondary N) is 1. The molecular weight excluding hydrogens is 568 g/mol. The van der Waals surface area contributed by atoms with Gasteiger partial charge in [-0.15, -0.1) is 0 Å². The summed E-state index contributed by atoms with van der Waals surface area (Å²) in [5, 5.41) is 14.4. The van der Waals surface area contributed by atoms with E-state index in [-0.39, 0.29) is 17.2 Å². The second-order valence-electron chi connectivity index (χ2n) is 9.65. The van der Waals surface area contributed by atoms with E-state index in [0.29, 0.717) is 54.7 Å². The summed E-state index contributed by atoms with van der Waals surface area (Å²) >= 11 is 1.16. The molecule has 0 aliphatic carbocycles. The Kier molecular flexibility index (Phi) is 7.31. The largest absolute Gasteiger partial charge is 0.497 e. The van der Waals surface area contributed by atoms with E-state index in [1.165, 1.54) is 10.6 Å². The molecule has 0 radical (unpaired) electrons. The van der Waals surface area contributed by atoms with Crippen molar-refractivity contribution in [2.24, 2.45) is 4.99 Å². The highest BCUT2D eigenvalue weighted by molar-refractivity contribution is 7.07. The van der Waals surface area contributed by atoms with Gasteiger partial charge >= 0.3 is 0 Å². The van der Waals surface area contributed by atoms with E-state index in [0.717, 1.165) is 11.3 Å². The maximum absolute atomic E-state index is 14.0. The van der Waals surface area contributed by atoms with E-state index in [9.17, 15) is 19.7 Å². The van der Waals surface area contributed by atoms with Crippen LogP contribution in [-0.2, 0) is 4.79 Å². The standard InChI is InChI=1S/C32H24N4O6S/c1-19-28(30(37)34-21-10-4-3-5-11-21)29(20-9-8-12-22(17-20)41-2)35-31(38)27(43-32(35)33-19)18-23-15-16-26(42-23)24-13-6-7-14-25(24)36(39)40/h3-18,29H,1-2H3,(H,34,37)/b27-18-. The lowest BCUT2D eigenvalue weighted by Gasteiger charge is -2.25. The molecule has 0 saturated heterocycles. The highest BCUT2D eigenvalue weighted by Gasteiger charge is 2.33. The zero-order valence-corrected chi connectivity index (χ0v) is 23.8. The van der Waals surface area contributed by atoms with Crippen LogP contribution in [0, 0.1) is 10.1 Å². The zero-order chi connectivity index (χ0) is 30.1. The number of amides is 1.